The first-order valence-electron chi connectivity index (χ1n) is 5.62. The number of nitrogens with one attached hydrogen (secondary N) is 1. The Hall–Kier alpha value is -2.37. The lowest BCUT2D eigenvalue weighted by Gasteiger charge is -2.12. The van der Waals surface area contributed by atoms with Crippen LogP contribution in [0.15, 0.2) is 24.5 Å². The van der Waals surface area contributed by atoms with Crippen molar-refractivity contribution in [1.29, 1.82) is 0 Å². The maximum Gasteiger partial charge on any atom is 0.187 e. The van der Waals surface area contributed by atoms with E-state index in [2.05, 4.69) is 15.3 Å². The lowest BCUT2D eigenvalue weighted by Crippen LogP contribution is -2.01. The van der Waals surface area contributed by atoms with Crippen LogP contribution in [-0.2, 0) is 0 Å². The van der Waals surface area contributed by atoms with Gasteiger partial charge < -0.3 is 14.8 Å². The van der Waals surface area contributed by atoms with Crippen LogP contribution in [0.2, 0.25) is 0 Å². The van der Waals surface area contributed by atoms with Crippen molar-refractivity contribution in [3.63, 3.8) is 0 Å². The molecule has 0 saturated heterocycles. The molecule has 5 nitrogen and oxygen atoms in total. The molecule has 1 aromatic heterocycles. The molecule has 0 aliphatic rings. The molecule has 0 amide bonds. The van der Waals surface area contributed by atoms with Crippen LogP contribution in [-0.4, -0.2) is 31.2 Å². The van der Waals surface area contributed by atoms with Crippen LogP contribution in [0.4, 0.5) is 10.2 Å². The van der Waals surface area contributed by atoms with Gasteiger partial charge in [0, 0.05) is 18.7 Å². The third kappa shape index (κ3) is 2.42. The molecule has 0 spiro atoms. The van der Waals surface area contributed by atoms with Gasteiger partial charge in [0.05, 0.1) is 14.2 Å². The number of hydrogen-bond donors (Lipinski definition) is 1. The predicted molar refractivity (Wildman–Crippen MR) is 70.1 cm³/mol. The summed E-state index contributed by atoms with van der Waals surface area (Å²) in [6.07, 6.45) is 1.35. The zero-order valence-corrected chi connectivity index (χ0v) is 10.9. The highest BCUT2D eigenvalue weighted by Crippen LogP contribution is 2.35. The standard InChI is InChI=1S/C13H14FN3O2/c1-15-13-12(19-3)11(16-7-17-13)9-5-4-8(18-2)6-10(9)14/h4-7H,1-3H3,(H,15,16,17). The molecule has 0 aliphatic carbocycles. The number of anilines is 1. The van der Waals surface area contributed by atoms with E-state index in [4.69, 9.17) is 9.47 Å². The number of aromatic nitrogens is 2. The number of benzene rings is 1. The topological polar surface area (TPSA) is 56.3 Å². The molecule has 0 fully saturated rings. The summed E-state index contributed by atoms with van der Waals surface area (Å²) in [6, 6.07) is 4.56. The van der Waals surface area contributed by atoms with Crippen molar-refractivity contribution in [2.24, 2.45) is 0 Å². The normalized spacial score (nSPS) is 10.1. The van der Waals surface area contributed by atoms with E-state index in [1.807, 2.05) is 0 Å². The molecule has 6 heteroatoms. The molecule has 2 rings (SSSR count). The van der Waals surface area contributed by atoms with Gasteiger partial charge in [0.15, 0.2) is 11.6 Å². The van der Waals surface area contributed by atoms with Crippen LogP contribution >= 0.6 is 0 Å². The predicted octanol–water partition coefficient (Wildman–Crippen LogP) is 2.34. The average Bonchev–Trinajstić information content (AvgIpc) is 2.46. The second-order valence-corrected chi connectivity index (χ2v) is 3.70. The van der Waals surface area contributed by atoms with E-state index >= 15 is 0 Å². The van der Waals surface area contributed by atoms with Crippen molar-refractivity contribution in [3.8, 4) is 22.8 Å². The van der Waals surface area contributed by atoms with E-state index in [0.717, 1.165) is 0 Å². The molecule has 0 atom stereocenters. The smallest absolute Gasteiger partial charge is 0.187 e. The first kappa shape index (κ1) is 13.1. The minimum atomic E-state index is -0.432. The van der Waals surface area contributed by atoms with E-state index in [1.54, 1.807) is 19.2 Å². The molecule has 1 aromatic carbocycles. The van der Waals surface area contributed by atoms with Crippen LogP contribution < -0.4 is 14.8 Å². The Morgan fingerprint density at radius 2 is 1.95 bits per heavy atom. The van der Waals surface area contributed by atoms with E-state index in [-0.39, 0.29) is 0 Å². The van der Waals surface area contributed by atoms with E-state index in [0.29, 0.717) is 28.6 Å². The van der Waals surface area contributed by atoms with Gasteiger partial charge in [0.2, 0.25) is 0 Å². The van der Waals surface area contributed by atoms with Crippen molar-refractivity contribution < 1.29 is 13.9 Å². The SMILES string of the molecule is CNc1ncnc(-c2ccc(OC)cc2F)c1OC. The summed E-state index contributed by atoms with van der Waals surface area (Å²) in [5, 5.41) is 2.88. The van der Waals surface area contributed by atoms with Gasteiger partial charge in [-0.05, 0) is 12.1 Å². The summed E-state index contributed by atoms with van der Waals surface area (Å²) in [4.78, 5) is 8.11. The maximum atomic E-state index is 14.1. The first-order valence-corrected chi connectivity index (χ1v) is 5.62. The summed E-state index contributed by atoms with van der Waals surface area (Å²) in [5.41, 5.74) is 0.721. The molecule has 0 saturated carbocycles. The van der Waals surface area contributed by atoms with Crippen LogP contribution in [0.1, 0.15) is 0 Å². The summed E-state index contributed by atoms with van der Waals surface area (Å²) < 4.78 is 24.3. The van der Waals surface area contributed by atoms with Crippen molar-refractivity contribution in [1.82, 2.24) is 9.97 Å². The van der Waals surface area contributed by atoms with Crippen molar-refractivity contribution in [2.75, 3.05) is 26.6 Å². The third-order valence-corrected chi connectivity index (χ3v) is 2.68. The quantitative estimate of drug-likeness (QED) is 0.917. The number of hydrogen-bond acceptors (Lipinski definition) is 5. The molecule has 100 valence electrons. The van der Waals surface area contributed by atoms with Gasteiger partial charge in [-0.15, -0.1) is 0 Å². The van der Waals surface area contributed by atoms with Crippen molar-refractivity contribution in [3.05, 3.63) is 30.3 Å². The molecule has 1 N–H and O–H groups in total. The lowest BCUT2D eigenvalue weighted by molar-refractivity contribution is 0.410. The summed E-state index contributed by atoms with van der Waals surface area (Å²) in [6.45, 7) is 0. The highest BCUT2D eigenvalue weighted by Gasteiger charge is 2.16. The minimum absolute atomic E-state index is 0.330. The second kappa shape index (κ2) is 5.51. The first-order chi connectivity index (χ1) is 9.21. The Bertz CT molecular complexity index is 590. The Labute approximate surface area is 110 Å². The number of nitrogens with zero attached hydrogens (tertiary/aromatic N) is 2. The number of rotatable bonds is 4. The van der Waals surface area contributed by atoms with E-state index in [9.17, 15) is 4.39 Å². The van der Waals surface area contributed by atoms with E-state index in [1.165, 1.54) is 26.6 Å². The number of halogens is 1. The van der Waals surface area contributed by atoms with Gasteiger partial charge in [0.25, 0.3) is 0 Å². The highest BCUT2D eigenvalue weighted by atomic mass is 19.1. The fraction of sp³-hybridized carbons (Fsp3) is 0.231. The molecular weight excluding hydrogens is 249 g/mol. The maximum absolute atomic E-state index is 14.1. The average molecular weight is 263 g/mol. The second-order valence-electron chi connectivity index (χ2n) is 3.70. The highest BCUT2D eigenvalue weighted by molar-refractivity contribution is 5.73. The molecule has 2 aromatic rings. The molecular formula is C13H14FN3O2. The van der Waals surface area contributed by atoms with Gasteiger partial charge in [-0.1, -0.05) is 0 Å². The van der Waals surface area contributed by atoms with Gasteiger partial charge >= 0.3 is 0 Å². The molecule has 0 aliphatic heterocycles. The number of methoxy groups -OCH3 is 2. The summed E-state index contributed by atoms with van der Waals surface area (Å²) in [7, 11) is 4.68. The zero-order valence-electron chi connectivity index (χ0n) is 10.9. The molecule has 0 bridgehead atoms. The monoisotopic (exact) mass is 263 g/mol. The van der Waals surface area contributed by atoms with E-state index < -0.39 is 5.82 Å². The van der Waals surface area contributed by atoms with Crippen LogP contribution in [0.5, 0.6) is 11.5 Å². The third-order valence-electron chi connectivity index (χ3n) is 2.68. The van der Waals surface area contributed by atoms with Crippen LogP contribution in [0.3, 0.4) is 0 Å². The fourth-order valence-electron chi connectivity index (χ4n) is 1.75. The zero-order chi connectivity index (χ0) is 13.8. The summed E-state index contributed by atoms with van der Waals surface area (Å²) >= 11 is 0. The largest absolute Gasteiger partial charge is 0.497 e. The minimum Gasteiger partial charge on any atom is -0.497 e. The molecule has 0 unspecified atom stereocenters. The fourth-order valence-corrected chi connectivity index (χ4v) is 1.75. The van der Waals surface area contributed by atoms with Gasteiger partial charge in [-0.25, -0.2) is 14.4 Å². The Balaban J connectivity index is 2.58. The molecule has 19 heavy (non-hydrogen) atoms. The van der Waals surface area contributed by atoms with Gasteiger partial charge in [0.1, 0.15) is 23.6 Å². The van der Waals surface area contributed by atoms with Gasteiger partial charge in [-0.3, -0.25) is 0 Å². The molecule has 1 heterocycles. The summed E-state index contributed by atoms with van der Waals surface area (Å²) in [5.74, 6) is 0.915. The Morgan fingerprint density at radius 1 is 1.16 bits per heavy atom. The number of ether oxygens (including phenoxy) is 2. The van der Waals surface area contributed by atoms with Crippen molar-refractivity contribution >= 4 is 5.82 Å². The van der Waals surface area contributed by atoms with Crippen LogP contribution in [0.25, 0.3) is 11.3 Å². The lowest BCUT2D eigenvalue weighted by atomic mass is 10.1. The van der Waals surface area contributed by atoms with Gasteiger partial charge in [-0.2, -0.15) is 0 Å². The Kier molecular flexibility index (Phi) is 3.79. The van der Waals surface area contributed by atoms with Crippen molar-refractivity contribution in [2.45, 2.75) is 0 Å². The van der Waals surface area contributed by atoms with Crippen LogP contribution in [0, 0.1) is 5.82 Å². The Morgan fingerprint density at radius 3 is 2.53 bits per heavy atom. The molecule has 0 radical (unpaired) electrons.